The average Bonchev–Trinajstić information content (AvgIpc) is 2.59. The maximum absolute atomic E-state index is 11.2. The first kappa shape index (κ1) is 13.3. The van der Waals surface area contributed by atoms with Crippen LogP contribution in [-0.2, 0) is 4.79 Å². The van der Waals surface area contributed by atoms with E-state index in [1.54, 1.807) is 11.8 Å². The highest BCUT2D eigenvalue weighted by molar-refractivity contribution is 8.13. The van der Waals surface area contributed by atoms with Crippen LogP contribution in [0.25, 0.3) is 0 Å². The van der Waals surface area contributed by atoms with Crippen molar-refractivity contribution in [3.63, 3.8) is 0 Å². The Labute approximate surface area is 101 Å². The largest absolute Gasteiger partial charge is 0.477 e. The van der Waals surface area contributed by atoms with Gasteiger partial charge in [0.05, 0.1) is 26.2 Å². The third kappa shape index (κ3) is 3.35. The van der Waals surface area contributed by atoms with E-state index >= 15 is 0 Å². The maximum Gasteiger partial charge on any atom is 0.362 e. The molecule has 0 radical (unpaired) electrons. The van der Waals surface area contributed by atoms with Crippen molar-refractivity contribution in [1.29, 1.82) is 0 Å². The maximum atomic E-state index is 11.2. The normalized spacial score (nSPS) is 18.0. The summed E-state index contributed by atoms with van der Waals surface area (Å²) in [6.45, 7) is 0. The molecule has 5 heteroatoms. The van der Waals surface area contributed by atoms with Gasteiger partial charge in [0.2, 0.25) is 0 Å². The Hall–Kier alpha value is -0.810. The molecule has 0 aliphatic carbocycles. The van der Waals surface area contributed by atoms with E-state index in [0.717, 1.165) is 17.0 Å². The standard InChI is InChI=1S/C11H18N2O2S/c1-13(2,3)9(11(14)15)5-8-6-10(16-4)12-7-8/h7,9H,5-6H2,1-4H3/p+1/t9-/m0/s1. The molecule has 4 nitrogen and oxygen atoms in total. The van der Waals surface area contributed by atoms with Crippen LogP contribution in [0.2, 0.25) is 0 Å². The fourth-order valence-corrected chi connectivity index (χ4v) is 2.13. The zero-order valence-electron chi connectivity index (χ0n) is 10.2. The minimum absolute atomic E-state index is 0.400. The van der Waals surface area contributed by atoms with E-state index in [9.17, 15) is 9.90 Å². The van der Waals surface area contributed by atoms with Crippen LogP contribution in [0.5, 0.6) is 0 Å². The first-order chi connectivity index (χ1) is 7.34. The summed E-state index contributed by atoms with van der Waals surface area (Å²) in [4.78, 5) is 15.4. The minimum atomic E-state index is -0.744. The predicted octanol–water partition coefficient (Wildman–Crippen LogP) is 1.58. The minimum Gasteiger partial charge on any atom is -0.477 e. The third-order valence-corrected chi connectivity index (χ3v) is 3.40. The number of hydrogen-bond donors (Lipinski definition) is 1. The Morgan fingerprint density at radius 1 is 1.62 bits per heavy atom. The Balaban J connectivity index is 2.63. The molecule has 0 spiro atoms. The van der Waals surface area contributed by atoms with E-state index in [-0.39, 0.29) is 0 Å². The van der Waals surface area contributed by atoms with Crippen LogP contribution in [0, 0.1) is 0 Å². The second-order valence-corrected chi connectivity index (χ2v) is 5.74. The average molecular weight is 243 g/mol. The molecule has 1 aliphatic heterocycles. The van der Waals surface area contributed by atoms with Gasteiger partial charge in [0.25, 0.3) is 0 Å². The molecule has 0 aromatic carbocycles. The van der Waals surface area contributed by atoms with Crippen LogP contribution in [0.15, 0.2) is 16.8 Å². The number of hydrogen-bond acceptors (Lipinski definition) is 3. The Morgan fingerprint density at radius 3 is 2.62 bits per heavy atom. The molecule has 0 aromatic heterocycles. The number of carbonyl (C=O) groups is 1. The van der Waals surface area contributed by atoms with Crippen LogP contribution < -0.4 is 0 Å². The Kier molecular flexibility index (Phi) is 4.15. The molecular formula is C11H19N2O2S+. The monoisotopic (exact) mass is 243 g/mol. The zero-order chi connectivity index (χ0) is 12.3. The zero-order valence-corrected chi connectivity index (χ0v) is 11.0. The van der Waals surface area contributed by atoms with Gasteiger partial charge in [-0.3, -0.25) is 4.99 Å². The number of nitrogens with zero attached hydrogens (tertiary/aromatic N) is 2. The van der Waals surface area contributed by atoms with Gasteiger partial charge < -0.3 is 9.59 Å². The van der Waals surface area contributed by atoms with E-state index < -0.39 is 12.0 Å². The lowest BCUT2D eigenvalue weighted by Crippen LogP contribution is -2.49. The fourth-order valence-electron chi connectivity index (χ4n) is 1.64. The summed E-state index contributed by atoms with van der Waals surface area (Å²) in [5.41, 5.74) is 1.12. The van der Waals surface area contributed by atoms with Crippen molar-refractivity contribution in [2.24, 2.45) is 4.99 Å². The first-order valence-corrected chi connectivity index (χ1v) is 6.39. The molecule has 0 saturated heterocycles. The summed E-state index contributed by atoms with van der Waals surface area (Å²) >= 11 is 1.62. The van der Waals surface area contributed by atoms with Crippen LogP contribution in [-0.4, -0.2) is 54.0 Å². The van der Waals surface area contributed by atoms with Crippen LogP contribution >= 0.6 is 11.8 Å². The number of likely N-dealkylation sites (N-methyl/N-ethyl adjacent to an activating group) is 1. The smallest absolute Gasteiger partial charge is 0.362 e. The van der Waals surface area contributed by atoms with Crippen molar-refractivity contribution in [2.75, 3.05) is 27.4 Å². The van der Waals surface area contributed by atoms with Gasteiger partial charge in [0, 0.05) is 19.0 Å². The highest BCUT2D eigenvalue weighted by Gasteiger charge is 2.32. The topological polar surface area (TPSA) is 49.7 Å². The first-order valence-electron chi connectivity index (χ1n) is 5.17. The van der Waals surface area contributed by atoms with E-state index in [2.05, 4.69) is 4.99 Å². The number of carboxylic acids is 1. The molecule has 1 N–H and O–H groups in total. The summed E-state index contributed by atoms with van der Waals surface area (Å²) in [5.74, 6) is -0.744. The molecule has 1 atom stereocenters. The Morgan fingerprint density at radius 2 is 2.25 bits per heavy atom. The lowest BCUT2D eigenvalue weighted by molar-refractivity contribution is -0.887. The third-order valence-electron chi connectivity index (χ3n) is 2.68. The molecule has 0 amide bonds. The van der Waals surface area contributed by atoms with Gasteiger partial charge in [-0.15, -0.1) is 11.8 Å². The molecule has 1 heterocycles. The highest BCUT2D eigenvalue weighted by Crippen LogP contribution is 2.24. The molecule has 0 aromatic rings. The van der Waals surface area contributed by atoms with Crippen LogP contribution in [0.1, 0.15) is 12.8 Å². The SMILES string of the molecule is CSC1=NC=C(C[C@@H](C(=O)O)[N+](C)(C)C)C1. The molecule has 90 valence electrons. The summed E-state index contributed by atoms with van der Waals surface area (Å²) in [6.07, 6.45) is 5.19. The number of thioether (sulfide) groups is 1. The lowest BCUT2D eigenvalue weighted by atomic mass is 10.0. The van der Waals surface area contributed by atoms with Crippen molar-refractivity contribution in [1.82, 2.24) is 0 Å². The van der Waals surface area contributed by atoms with Gasteiger partial charge in [-0.2, -0.15) is 0 Å². The molecule has 0 bridgehead atoms. The van der Waals surface area contributed by atoms with E-state index in [1.165, 1.54) is 0 Å². The van der Waals surface area contributed by atoms with E-state index in [0.29, 0.717) is 10.9 Å². The molecule has 16 heavy (non-hydrogen) atoms. The van der Waals surface area contributed by atoms with Gasteiger partial charge in [-0.05, 0) is 11.8 Å². The molecule has 0 fully saturated rings. The number of carboxylic acid groups (broad SMARTS) is 1. The second-order valence-electron chi connectivity index (χ2n) is 4.87. The van der Waals surface area contributed by atoms with Crippen molar-refractivity contribution in [2.45, 2.75) is 18.9 Å². The number of rotatable bonds is 4. The fraction of sp³-hybridized carbons (Fsp3) is 0.636. The van der Waals surface area contributed by atoms with Crippen LogP contribution in [0.4, 0.5) is 0 Å². The van der Waals surface area contributed by atoms with E-state index in [1.807, 2.05) is 33.6 Å². The number of aliphatic carboxylic acids is 1. The second kappa shape index (κ2) is 5.01. The van der Waals surface area contributed by atoms with Crippen LogP contribution in [0.3, 0.4) is 0 Å². The lowest BCUT2D eigenvalue weighted by Gasteiger charge is -2.31. The summed E-state index contributed by atoms with van der Waals surface area (Å²) in [6, 6.07) is -0.400. The Bertz CT molecular complexity index is 342. The quantitative estimate of drug-likeness (QED) is 0.763. The van der Waals surface area contributed by atoms with E-state index in [4.69, 9.17) is 0 Å². The van der Waals surface area contributed by atoms with Crippen molar-refractivity contribution in [3.05, 3.63) is 11.8 Å². The summed E-state index contributed by atoms with van der Waals surface area (Å²) in [5, 5.41) is 10.3. The van der Waals surface area contributed by atoms with Gasteiger partial charge >= 0.3 is 5.97 Å². The van der Waals surface area contributed by atoms with Crippen molar-refractivity contribution in [3.8, 4) is 0 Å². The van der Waals surface area contributed by atoms with Crippen molar-refractivity contribution < 1.29 is 14.4 Å². The molecular weight excluding hydrogens is 224 g/mol. The summed E-state index contributed by atoms with van der Waals surface area (Å²) < 4.78 is 0.432. The predicted molar refractivity (Wildman–Crippen MR) is 67.7 cm³/mol. The molecule has 1 rings (SSSR count). The molecule has 0 unspecified atom stereocenters. The molecule has 1 aliphatic rings. The summed E-state index contributed by atoms with van der Waals surface area (Å²) in [7, 11) is 5.72. The number of aliphatic imine (C=N–C) groups is 1. The van der Waals surface area contributed by atoms with Gasteiger partial charge in [0.1, 0.15) is 0 Å². The number of quaternary nitrogens is 1. The highest BCUT2D eigenvalue weighted by atomic mass is 32.2. The van der Waals surface area contributed by atoms with Gasteiger partial charge in [-0.1, -0.05) is 0 Å². The molecule has 0 saturated carbocycles. The van der Waals surface area contributed by atoms with Crippen molar-refractivity contribution >= 4 is 22.8 Å². The van der Waals surface area contributed by atoms with Gasteiger partial charge in [-0.25, -0.2) is 4.79 Å². The van der Waals surface area contributed by atoms with Gasteiger partial charge in [0.15, 0.2) is 6.04 Å².